The summed E-state index contributed by atoms with van der Waals surface area (Å²) in [6.45, 7) is 3.50. The van der Waals surface area contributed by atoms with E-state index in [4.69, 9.17) is 14.7 Å². The highest BCUT2D eigenvalue weighted by atomic mass is 16.5. The van der Waals surface area contributed by atoms with Gasteiger partial charge in [-0.3, -0.25) is 4.99 Å². The van der Waals surface area contributed by atoms with Gasteiger partial charge in [0.05, 0.1) is 29.6 Å². The molecule has 27 heavy (non-hydrogen) atoms. The summed E-state index contributed by atoms with van der Waals surface area (Å²) in [5.41, 5.74) is 9.04. The largest absolute Gasteiger partial charge is 0.491 e. The number of benzene rings is 3. The topological polar surface area (TPSA) is 46.3 Å². The molecule has 3 aromatic carbocycles. The Balaban J connectivity index is 1.71. The molecule has 0 aliphatic carbocycles. The second kappa shape index (κ2) is 5.36. The molecule has 0 fully saturated rings. The Morgan fingerprint density at radius 1 is 0.926 bits per heavy atom. The number of nitrogens with zero attached hydrogens (tertiary/aromatic N) is 3. The Bertz CT molecular complexity index is 1290. The van der Waals surface area contributed by atoms with Crippen LogP contribution in [0, 0.1) is 0 Å². The summed E-state index contributed by atoms with van der Waals surface area (Å²) in [5, 5.41) is 1.93. The zero-order valence-corrected chi connectivity index (χ0v) is 15.0. The summed E-state index contributed by atoms with van der Waals surface area (Å²) in [7, 11) is 0. The molecule has 0 saturated heterocycles. The van der Waals surface area contributed by atoms with Crippen LogP contribution in [0.25, 0.3) is 22.3 Å². The van der Waals surface area contributed by atoms with Crippen molar-refractivity contribution in [1.82, 2.24) is 0 Å². The van der Waals surface area contributed by atoms with Crippen molar-refractivity contribution in [3.63, 3.8) is 0 Å². The highest BCUT2D eigenvalue weighted by Gasteiger charge is 2.30. The first-order valence-corrected chi connectivity index (χ1v) is 9.38. The normalized spacial score (nSPS) is 14.0. The van der Waals surface area contributed by atoms with E-state index in [1.165, 1.54) is 27.8 Å². The van der Waals surface area contributed by atoms with Crippen LogP contribution in [0.2, 0.25) is 0 Å². The van der Waals surface area contributed by atoms with Crippen LogP contribution in [0.4, 0.5) is 11.4 Å². The van der Waals surface area contributed by atoms with Gasteiger partial charge in [0.2, 0.25) is 0 Å². The highest BCUT2D eigenvalue weighted by molar-refractivity contribution is 6.01. The smallest absolute Gasteiger partial charge is 0.145 e. The first-order chi connectivity index (χ1) is 13.4. The molecule has 3 aliphatic rings. The maximum Gasteiger partial charge on any atom is 0.145 e. The lowest BCUT2D eigenvalue weighted by molar-refractivity contribution is 0.318. The lowest BCUT2D eigenvalue weighted by Crippen LogP contribution is -2.28. The van der Waals surface area contributed by atoms with Crippen LogP contribution in [-0.2, 0) is 6.54 Å². The molecule has 3 heterocycles. The third kappa shape index (κ3) is 1.90. The lowest BCUT2D eigenvalue weighted by atomic mass is 9.90. The molecule has 0 bridgehead atoms. The average molecular weight is 351 g/mol. The summed E-state index contributed by atoms with van der Waals surface area (Å²) < 4.78 is 5.97. The number of hydrogen-bond acceptors (Lipinski definition) is 4. The Labute approximate surface area is 156 Å². The van der Waals surface area contributed by atoms with Gasteiger partial charge in [0.15, 0.2) is 0 Å². The van der Waals surface area contributed by atoms with Crippen LogP contribution >= 0.6 is 0 Å². The number of hydrogen-bond donors (Lipinski definition) is 0. The van der Waals surface area contributed by atoms with E-state index in [0.29, 0.717) is 13.2 Å². The highest BCUT2D eigenvalue weighted by Crippen LogP contribution is 2.45. The molecular formula is C23H17N3O. The van der Waals surface area contributed by atoms with Crippen LogP contribution in [0.3, 0.4) is 0 Å². The Morgan fingerprint density at radius 3 is 2.70 bits per heavy atom. The van der Waals surface area contributed by atoms with Gasteiger partial charge >= 0.3 is 0 Å². The first-order valence-electron chi connectivity index (χ1n) is 9.38. The standard InChI is InChI=1S/C23H17N3O/c1-2-10-27-18-9-5-7-14-20-16-12-24-11-15(16)19-13-6-3-4-8-17(13)25-22(19)23(20)26-21(14)18/h3-9,11H,2,10,12H2,1H3. The predicted molar refractivity (Wildman–Crippen MR) is 106 cm³/mol. The van der Waals surface area contributed by atoms with Crippen LogP contribution in [-0.4, -0.2) is 12.8 Å². The van der Waals surface area contributed by atoms with Crippen LogP contribution in [0.5, 0.6) is 5.75 Å². The lowest BCUT2D eigenvalue weighted by Gasteiger charge is -2.11. The number of ether oxygens (including phenoxy) is 1. The van der Waals surface area contributed by atoms with Crippen LogP contribution < -0.4 is 15.5 Å². The number of para-hydroxylation sites is 2. The Kier molecular flexibility index (Phi) is 2.95. The van der Waals surface area contributed by atoms with Gasteiger partial charge in [-0.25, -0.2) is 9.98 Å². The SMILES string of the molecule is CCCOc1cccc2c1N=c1c-2c2c(c3c1=Nc1ccccc1-3)C=NC2. The van der Waals surface area contributed by atoms with Gasteiger partial charge in [0.1, 0.15) is 11.4 Å². The zero-order valence-electron chi connectivity index (χ0n) is 15.0. The number of fused-ring (bicyclic) bond motifs is 10. The monoisotopic (exact) mass is 351 g/mol. The van der Waals surface area contributed by atoms with Gasteiger partial charge in [0.25, 0.3) is 0 Å². The number of aliphatic imine (C=N–C) groups is 1. The summed E-state index contributed by atoms with van der Waals surface area (Å²) in [6.07, 6.45) is 2.97. The van der Waals surface area contributed by atoms with Gasteiger partial charge < -0.3 is 4.74 Å². The summed E-state index contributed by atoms with van der Waals surface area (Å²) >= 11 is 0. The molecule has 0 unspecified atom stereocenters. The molecule has 0 atom stereocenters. The molecular weight excluding hydrogens is 334 g/mol. The van der Waals surface area contributed by atoms with Gasteiger partial charge in [-0.05, 0) is 24.1 Å². The fraction of sp³-hybridized carbons (Fsp3) is 0.174. The second-order valence-corrected chi connectivity index (χ2v) is 7.05. The maximum absolute atomic E-state index is 5.97. The molecule has 4 nitrogen and oxygen atoms in total. The second-order valence-electron chi connectivity index (χ2n) is 7.05. The van der Waals surface area contributed by atoms with Gasteiger partial charge in [-0.1, -0.05) is 37.3 Å². The molecule has 0 N–H and O–H groups in total. The molecule has 0 amide bonds. The first kappa shape index (κ1) is 14.9. The van der Waals surface area contributed by atoms with E-state index in [1.807, 2.05) is 18.3 Å². The van der Waals surface area contributed by atoms with Crippen molar-refractivity contribution >= 4 is 17.6 Å². The minimum atomic E-state index is 0.692. The summed E-state index contributed by atoms with van der Waals surface area (Å²) in [6, 6.07) is 14.5. The van der Waals surface area contributed by atoms with Gasteiger partial charge in [-0.15, -0.1) is 0 Å². The van der Waals surface area contributed by atoms with Crippen molar-refractivity contribution < 1.29 is 4.74 Å². The quantitative estimate of drug-likeness (QED) is 0.479. The fourth-order valence-corrected chi connectivity index (χ4v) is 4.29. The van der Waals surface area contributed by atoms with Crippen molar-refractivity contribution in [2.75, 3.05) is 6.61 Å². The van der Waals surface area contributed by atoms with E-state index in [1.54, 1.807) is 0 Å². The van der Waals surface area contributed by atoms with Crippen molar-refractivity contribution in [2.45, 2.75) is 19.9 Å². The maximum atomic E-state index is 5.97. The van der Waals surface area contributed by atoms with Crippen LogP contribution in [0.15, 0.2) is 57.4 Å². The average Bonchev–Trinajstić information content (AvgIpc) is 3.39. The van der Waals surface area contributed by atoms with Crippen molar-refractivity contribution in [1.29, 1.82) is 0 Å². The van der Waals surface area contributed by atoms with Crippen molar-refractivity contribution in [3.05, 3.63) is 64.3 Å². The summed E-state index contributed by atoms with van der Waals surface area (Å²) in [5.74, 6) is 0.850. The molecule has 0 radical (unpaired) electrons. The molecule has 6 rings (SSSR count). The fourth-order valence-electron chi connectivity index (χ4n) is 4.29. The van der Waals surface area contributed by atoms with E-state index >= 15 is 0 Å². The Morgan fingerprint density at radius 2 is 1.78 bits per heavy atom. The summed E-state index contributed by atoms with van der Waals surface area (Å²) in [4.78, 5) is 14.6. The van der Waals surface area contributed by atoms with Crippen LogP contribution in [0.1, 0.15) is 24.5 Å². The van der Waals surface area contributed by atoms with E-state index in [-0.39, 0.29) is 0 Å². The molecule has 3 aliphatic heterocycles. The zero-order chi connectivity index (χ0) is 18.0. The van der Waals surface area contributed by atoms with E-state index in [9.17, 15) is 0 Å². The molecule has 0 spiro atoms. The minimum Gasteiger partial charge on any atom is -0.491 e. The molecule has 3 aromatic rings. The predicted octanol–water partition coefficient (Wildman–Crippen LogP) is 4.27. The minimum absolute atomic E-state index is 0.692. The van der Waals surface area contributed by atoms with Crippen molar-refractivity contribution in [3.8, 4) is 28.0 Å². The van der Waals surface area contributed by atoms with E-state index in [2.05, 4.69) is 42.2 Å². The molecule has 0 aromatic heterocycles. The molecule has 0 saturated carbocycles. The van der Waals surface area contributed by atoms with E-state index < -0.39 is 0 Å². The van der Waals surface area contributed by atoms with Gasteiger partial charge in [-0.2, -0.15) is 0 Å². The van der Waals surface area contributed by atoms with Crippen molar-refractivity contribution in [2.24, 2.45) is 15.0 Å². The molecule has 4 heteroatoms. The Hall–Kier alpha value is -3.27. The number of rotatable bonds is 3. The molecule has 130 valence electrons. The van der Waals surface area contributed by atoms with Gasteiger partial charge in [0, 0.05) is 34.0 Å². The third-order valence-corrected chi connectivity index (χ3v) is 5.42. The van der Waals surface area contributed by atoms with E-state index in [0.717, 1.165) is 39.8 Å². The third-order valence-electron chi connectivity index (χ3n) is 5.42.